The highest BCUT2D eigenvalue weighted by Gasteiger charge is 2.33. The maximum absolute atomic E-state index is 14.6. The number of nitrogens with zero attached hydrogens (tertiary/aromatic N) is 4. The van der Waals surface area contributed by atoms with Crippen molar-refractivity contribution in [3.05, 3.63) is 128 Å². The fourth-order valence-electron chi connectivity index (χ4n) is 5.29. The first-order valence-electron chi connectivity index (χ1n) is 13.6. The number of sulfonamides is 1. The molecule has 0 amide bonds. The zero-order valence-corrected chi connectivity index (χ0v) is 24.1. The van der Waals surface area contributed by atoms with Gasteiger partial charge in [0.05, 0.1) is 13.1 Å². The Labute approximate surface area is 246 Å². The fourth-order valence-corrected chi connectivity index (χ4v) is 6.77. The third-order valence-corrected chi connectivity index (χ3v) is 9.58. The maximum atomic E-state index is 14.6. The van der Waals surface area contributed by atoms with Gasteiger partial charge in [-0.1, -0.05) is 48.5 Å². The van der Waals surface area contributed by atoms with Crippen LogP contribution in [-0.2, 0) is 23.1 Å². The van der Waals surface area contributed by atoms with Crippen molar-refractivity contribution in [1.82, 2.24) is 13.4 Å². The lowest BCUT2D eigenvalue weighted by Gasteiger charge is -2.36. The van der Waals surface area contributed by atoms with Crippen LogP contribution >= 0.6 is 0 Å². The molecule has 0 bridgehead atoms. The zero-order chi connectivity index (χ0) is 30.9. The van der Waals surface area contributed by atoms with Gasteiger partial charge in [-0.15, -0.1) is 0 Å². The van der Waals surface area contributed by atoms with Gasteiger partial charge < -0.3 is 10.6 Å². The monoisotopic (exact) mass is 613 g/mol. The minimum atomic E-state index is -4.15. The van der Waals surface area contributed by atoms with Crippen LogP contribution in [0.4, 0.5) is 18.9 Å². The van der Waals surface area contributed by atoms with Crippen LogP contribution in [0.15, 0.2) is 87.3 Å². The first kappa shape index (κ1) is 30.3. The lowest BCUT2D eigenvalue weighted by atomic mass is 10.1. The lowest BCUT2D eigenvalue weighted by Crippen LogP contribution is -2.52. The van der Waals surface area contributed by atoms with Crippen LogP contribution in [0.25, 0.3) is 0 Å². The molecule has 9 nitrogen and oxygen atoms in total. The summed E-state index contributed by atoms with van der Waals surface area (Å²) in [6, 6.07) is 16.6. The number of hydrogen-bond donors (Lipinski definition) is 1. The van der Waals surface area contributed by atoms with E-state index in [4.69, 9.17) is 5.73 Å². The molecule has 226 valence electrons. The molecule has 1 aromatic heterocycles. The summed E-state index contributed by atoms with van der Waals surface area (Å²) in [6.45, 7) is 0.748. The summed E-state index contributed by atoms with van der Waals surface area (Å²) in [6.07, 6.45) is 0. The highest BCUT2D eigenvalue weighted by atomic mass is 32.2. The minimum Gasteiger partial charge on any atom is -0.363 e. The number of aromatic nitrogens is 2. The largest absolute Gasteiger partial charge is 0.363 e. The molecule has 3 aromatic carbocycles. The summed E-state index contributed by atoms with van der Waals surface area (Å²) in [5, 5.41) is 0. The van der Waals surface area contributed by atoms with E-state index in [9.17, 15) is 31.2 Å². The van der Waals surface area contributed by atoms with E-state index in [0.29, 0.717) is 5.56 Å². The maximum Gasteiger partial charge on any atom is 0.331 e. The predicted molar refractivity (Wildman–Crippen MR) is 156 cm³/mol. The molecular weight excluding hydrogens is 583 g/mol. The molecule has 1 fully saturated rings. The summed E-state index contributed by atoms with van der Waals surface area (Å²) >= 11 is 0. The summed E-state index contributed by atoms with van der Waals surface area (Å²) < 4.78 is 73.1. The first-order chi connectivity index (χ1) is 20.5. The van der Waals surface area contributed by atoms with Crippen LogP contribution in [0.5, 0.6) is 0 Å². The van der Waals surface area contributed by atoms with Crippen molar-refractivity contribution < 1.29 is 21.6 Å². The van der Waals surface area contributed by atoms with Crippen molar-refractivity contribution >= 4 is 15.7 Å². The average Bonchev–Trinajstić information content (AvgIpc) is 2.99. The summed E-state index contributed by atoms with van der Waals surface area (Å²) in [4.78, 5) is 28.8. The van der Waals surface area contributed by atoms with Gasteiger partial charge >= 0.3 is 5.69 Å². The zero-order valence-electron chi connectivity index (χ0n) is 23.3. The van der Waals surface area contributed by atoms with Gasteiger partial charge in [0.1, 0.15) is 28.0 Å². The highest BCUT2D eigenvalue weighted by Crippen LogP contribution is 2.24. The highest BCUT2D eigenvalue weighted by molar-refractivity contribution is 7.89. The molecule has 2 heterocycles. The number of benzene rings is 3. The minimum absolute atomic E-state index is 0.0424. The molecular formula is C30H30F3N5O4S. The van der Waals surface area contributed by atoms with E-state index < -0.39 is 56.2 Å². The predicted octanol–water partition coefficient (Wildman–Crippen LogP) is 2.99. The van der Waals surface area contributed by atoms with Crippen LogP contribution in [-0.4, -0.2) is 48.0 Å². The Balaban J connectivity index is 1.54. The first-order valence-corrected chi connectivity index (χ1v) is 15.0. The fraction of sp³-hybridized carbons (Fsp3) is 0.267. The molecule has 43 heavy (non-hydrogen) atoms. The third-order valence-electron chi connectivity index (χ3n) is 7.65. The van der Waals surface area contributed by atoms with Gasteiger partial charge in [-0.3, -0.25) is 13.9 Å². The Morgan fingerprint density at radius 2 is 1.37 bits per heavy atom. The van der Waals surface area contributed by atoms with Crippen molar-refractivity contribution in [1.29, 1.82) is 0 Å². The van der Waals surface area contributed by atoms with Gasteiger partial charge in [-0.25, -0.2) is 26.4 Å². The number of piperazine rings is 1. The number of hydrogen-bond acceptors (Lipinski definition) is 6. The van der Waals surface area contributed by atoms with E-state index in [1.54, 1.807) is 35.2 Å². The number of halogens is 3. The summed E-state index contributed by atoms with van der Waals surface area (Å²) in [5.74, 6) is -2.57. The van der Waals surface area contributed by atoms with Gasteiger partial charge in [0.25, 0.3) is 5.56 Å². The smallest absolute Gasteiger partial charge is 0.331 e. The molecule has 0 spiro atoms. The Hall–Kier alpha value is -4.20. The SMILES string of the molecule is Cc1c(N2CCN(S(=O)(=O)c3ccccc3F)CC2)c(=O)n(CC(N)c2ccccc2)c(=O)n1Cc1c(F)cccc1F. The summed E-state index contributed by atoms with van der Waals surface area (Å²) in [7, 11) is -4.15. The van der Waals surface area contributed by atoms with Crippen LogP contribution in [0, 0.1) is 24.4 Å². The van der Waals surface area contributed by atoms with E-state index >= 15 is 0 Å². The van der Waals surface area contributed by atoms with Crippen LogP contribution < -0.4 is 21.9 Å². The molecule has 1 unspecified atom stereocenters. The molecule has 1 atom stereocenters. The van der Waals surface area contributed by atoms with Gasteiger partial charge in [-0.2, -0.15) is 4.31 Å². The lowest BCUT2D eigenvalue weighted by molar-refractivity contribution is 0.380. The Kier molecular flexibility index (Phi) is 8.58. The van der Waals surface area contributed by atoms with E-state index in [1.165, 1.54) is 31.2 Å². The van der Waals surface area contributed by atoms with Gasteiger partial charge in [0.15, 0.2) is 0 Å². The van der Waals surface area contributed by atoms with E-state index in [1.807, 2.05) is 0 Å². The van der Waals surface area contributed by atoms with Gasteiger partial charge in [0, 0.05) is 43.5 Å². The van der Waals surface area contributed by atoms with Crippen molar-refractivity contribution in [3.63, 3.8) is 0 Å². The standard InChI is InChI=1S/C30H30F3N5O4S/c1-20-28(35-14-16-36(17-15-35)43(41,42)27-13-6-5-10-25(27)33)29(39)38(19-26(34)21-8-3-2-4-9-21)30(40)37(20)18-22-23(31)11-7-12-24(22)32/h2-13,26H,14-19,34H2,1H3. The van der Waals surface area contributed by atoms with Crippen molar-refractivity contribution in [2.75, 3.05) is 31.1 Å². The molecule has 0 saturated carbocycles. The van der Waals surface area contributed by atoms with E-state index in [2.05, 4.69) is 0 Å². The molecule has 2 N–H and O–H groups in total. The van der Waals surface area contributed by atoms with Crippen LogP contribution in [0.1, 0.15) is 22.9 Å². The molecule has 5 rings (SSSR count). The van der Waals surface area contributed by atoms with Gasteiger partial charge in [-0.05, 0) is 36.8 Å². The quantitative estimate of drug-likeness (QED) is 0.327. The second-order valence-corrected chi connectivity index (χ2v) is 12.2. The third kappa shape index (κ3) is 5.88. The molecule has 0 radical (unpaired) electrons. The Morgan fingerprint density at radius 3 is 2.00 bits per heavy atom. The molecule has 0 aliphatic carbocycles. The number of rotatable bonds is 8. The Morgan fingerprint density at radius 1 is 0.791 bits per heavy atom. The number of nitrogens with two attached hydrogens (primary N) is 1. The van der Waals surface area contributed by atoms with E-state index in [-0.39, 0.29) is 49.7 Å². The van der Waals surface area contributed by atoms with E-state index in [0.717, 1.165) is 31.6 Å². The molecule has 13 heteroatoms. The van der Waals surface area contributed by atoms with Crippen molar-refractivity contribution in [2.45, 2.75) is 31.0 Å². The topological polar surface area (TPSA) is 111 Å². The second-order valence-electron chi connectivity index (χ2n) is 10.3. The van der Waals surface area contributed by atoms with Crippen molar-refractivity contribution in [3.8, 4) is 0 Å². The van der Waals surface area contributed by atoms with Gasteiger partial charge in [0.2, 0.25) is 10.0 Å². The number of anilines is 1. The summed E-state index contributed by atoms with van der Waals surface area (Å²) in [5.41, 5.74) is 5.49. The van der Waals surface area contributed by atoms with Crippen molar-refractivity contribution in [2.24, 2.45) is 5.73 Å². The molecule has 1 aliphatic rings. The van der Waals surface area contributed by atoms with Crippen LogP contribution in [0.2, 0.25) is 0 Å². The molecule has 1 saturated heterocycles. The second kappa shape index (κ2) is 12.2. The normalized spacial score (nSPS) is 15.0. The molecule has 1 aliphatic heterocycles. The Bertz CT molecular complexity index is 1850. The van der Waals surface area contributed by atoms with Crippen LogP contribution in [0.3, 0.4) is 0 Å². The average molecular weight is 614 g/mol. The molecule has 4 aromatic rings.